The maximum atomic E-state index is 6.11. The highest BCUT2D eigenvalue weighted by molar-refractivity contribution is 14.0. The molecule has 1 heterocycles. The molecule has 27 heavy (non-hydrogen) atoms. The van der Waals surface area contributed by atoms with Crippen molar-refractivity contribution < 1.29 is 0 Å². The van der Waals surface area contributed by atoms with E-state index in [1.165, 1.54) is 0 Å². The number of halogens is 3. The van der Waals surface area contributed by atoms with Crippen LogP contribution < -0.4 is 5.32 Å². The SMILES string of the molecule is CN=C(NCC(C)CN1CCN(C)CC1)N(C)Cc1ccc(Cl)c(Cl)c1.I. The summed E-state index contributed by atoms with van der Waals surface area (Å²) in [4.78, 5) is 11.4. The third-order valence-corrected chi connectivity index (χ3v) is 5.49. The van der Waals surface area contributed by atoms with Crippen molar-refractivity contribution in [2.75, 3.05) is 60.4 Å². The van der Waals surface area contributed by atoms with Crippen molar-refractivity contribution in [1.82, 2.24) is 20.0 Å². The highest BCUT2D eigenvalue weighted by Crippen LogP contribution is 2.23. The van der Waals surface area contributed by atoms with Crippen LogP contribution in [0.4, 0.5) is 0 Å². The predicted molar refractivity (Wildman–Crippen MR) is 128 cm³/mol. The van der Waals surface area contributed by atoms with Crippen LogP contribution in [0.1, 0.15) is 12.5 Å². The van der Waals surface area contributed by atoms with E-state index in [0.717, 1.165) is 57.3 Å². The molecule has 0 aromatic heterocycles. The minimum absolute atomic E-state index is 0. The summed E-state index contributed by atoms with van der Waals surface area (Å²) in [5, 5.41) is 4.66. The third-order valence-electron chi connectivity index (χ3n) is 4.75. The summed E-state index contributed by atoms with van der Waals surface area (Å²) in [6, 6.07) is 5.74. The number of guanidine groups is 1. The van der Waals surface area contributed by atoms with E-state index in [1.807, 2.05) is 32.3 Å². The quantitative estimate of drug-likeness (QED) is 0.349. The predicted octanol–water partition coefficient (Wildman–Crippen LogP) is 3.50. The Hall–Kier alpha value is -0.280. The van der Waals surface area contributed by atoms with Gasteiger partial charge in [0.25, 0.3) is 0 Å². The molecule has 5 nitrogen and oxygen atoms in total. The Morgan fingerprint density at radius 3 is 2.48 bits per heavy atom. The number of nitrogens with zero attached hydrogens (tertiary/aromatic N) is 4. The number of likely N-dealkylation sites (N-methyl/N-ethyl adjacent to an activating group) is 1. The third kappa shape index (κ3) is 8.31. The summed E-state index contributed by atoms with van der Waals surface area (Å²) in [6.45, 7) is 9.68. The van der Waals surface area contributed by atoms with E-state index in [0.29, 0.717) is 16.0 Å². The van der Waals surface area contributed by atoms with Crippen molar-refractivity contribution in [2.24, 2.45) is 10.9 Å². The fourth-order valence-electron chi connectivity index (χ4n) is 3.17. The number of benzene rings is 1. The molecule has 8 heteroatoms. The van der Waals surface area contributed by atoms with Crippen molar-refractivity contribution >= 4 is 53.1 Å². The molecule has 0 amide bonds. The zero-order chi connectivity index (χ0) is 19.1. The lowest BCUT2D eigenvalue weighted by Gasteiger charge is -2.34. The average Bonchev–Trinajstić information content (AvgIpc) is 2.60. The first-order valence-corrected chi connectivity index (χ1v) is 9.91. The number of hydrogen-bond acceptors (Lipinski definition) is 3. The molecule has 1 unspecified atom stereocenters. The van der Waals surface area contributed by atoms with Gasteiger partial charge in [0, 0.05) is 59.9 Å². The van der Waals surface area contributed by atoms with E-state index in [-0.39, 0.29) is 24.0 Å². The number of rotatable bonds is 6. The maximum absolute atomic E-state index is 6.11. The Balaban J connectivity index is 0.00000364. The van der Waals surface area contributed by atoms with E-state index in [1.54, 1.807) is 0 Å². The molecule has 1 aromatic rings. The zero-order valence-corrected chi connectivity index (χ0v) is 20.6. The second kappa shape index (κ2) is 12.3. The molecule has 0 aliphatic carbocycles. The van der Waals surface area contributed by atoms with E-state index in [2.05, 4.69) is 39.0 Å². The van der Waals surface area contributed by atoms with Crippen molar-refractivity contribution in [3.63, 3.8) is 0 Å². The minimum Gasteiger partial charge on any atom is -0.356 e. The lowest BCUT2D eigenvalue weighted by Crippen LogP contribution is -2.47. The highest BCUT2D eigenvalue weighted by atomic mass is 127. The molecular formula is C19H32Cl2IN5. The van der Waals surface area contributed by atoms with Gasteiger partial charge in [0.2, 0.25) is 0 Å². The molecule has 1 aromatic carbocycles. The summed E-state index contributed by atoms with van der Waals surface area (Å²) in [5.74, 6) is 1.45. The van der Waals surface area contributed by atoms with Crippen LogP contribution in [0.15, 0.2) is 23.2 Å². The Kier molecular flexibility index (Phi) is 11.3. The smallest absolute Gasteiger partial charge is 0.193 e. The van der Waals surface area contributed by atoms with Gasteiger partial charge in [0.15, 0.2) is 5.96 Å². The van der Waals surface area contributed by atoms with Crippen LogP contribution in [0.5, 0.6) is 0 Å². The van der Waals surface area contributed by atoms with Crippen LogP contribution in [0, 0.1) is 5.92 Å². The molecule has 1 fully saturated rings. The highest BCUT2D eigenvalue weighted by Gasteiger charge is 2.16. The summed E-state index contributed by atoms with van der Waals surface area (Å²) < 4.78 is 0. The van der Waals surface area contributed by atoms with Crippen LogP contribution in [0.2, 0.25) is 10.0 Å². The Bertz CT molecular complexity index is 606. The number of aliphatic imine (C=N–C) groups is 1. The van der Waals surface area contributed by atoms with Crippen molar-refractivity contribution in [3.8, 4) is 0 Å². The molecule has 1 aliphatic heterocycles. The first-order valence-electron chi connectivity index (χ1n) is 9.15. The van der Waals surface area contributed by atoms with E-state index in [9.17, 15) is 0 Å². The Morgan fingerprint density at radius 2 is 1.89 bits per heavy atom. The van der Waals surface area contributed by atoms with Gasteiger partial charge in [-0.3, -0.25) is 4.99 Å². The first kappa shape index (κ1) is 24.8. The van der Waals surface area contributed by atoms with Gasteiger partial charge in [-0.25, -0.2) is 0 Å². The van der Waals surface area contributed by atoms with Crippen LogP contribution >= 0.6 is 47.2 Å². The number of hydrogen-bond donors (Lipinski definition) is 1. The molecule has 2 rings (SSSR count). The van der Waals surface area contributed by atoms with Gasteiger partial charge in [-0.15, -0.1) is 24.0 Å². The average molecular weight is 528 g/mol. The van der Waals surface area contributed by atoms with Crippen LogP contribution in [0.3, 0.4) is 0 Å². The molecule has 1 aliphatic rings. The van der Waals surface area contributed by atoms with Crippen molar-refractivity contribution in [1.29, 1.82) is 0 Å². The van der Waals surface area contributed by atoms with Crippen molar-refractivity contribution in [3.05, 3.63) is 33.8 Å². The molecule has 1 atom stereocenters. The normalized spacial score (nSPS) is 17.3. The van der Waals surface area contributed by atoms with Crippen molar-refractivity contribution in [2.45, 2.75) is 13.5 Å². The molecule has 0 saturated carbocycles. The fourth-order valence-corrected chi connectivity index (χ4v) is 3.49. The molecule has 0 spiro atoms. The summed E-state index contributed by atoms with van der Waals surface area (Å²) in [7, 11) is 6.04. The topological polar surface area (TPSA) is 34.1 Å². The fraction of sp³-hybridized carbons (Fsp3) is 0.632. The molecule has 0 radical (unpaired) electrons. The minimum atomic E-state index is 0. The van der Waals surface area contributed by atoms with Gasteiger partial charge >= 0.3 is 0 Å². The van der Waals surface area contributed by atoms with Gasteiger partial charge in [0.05, 0.1) is 10.0 Å². The van der Waals surface area contributed by atoms with Gasteiger partial charge in [-0.05, 0) is 30.7 Å². The lowest BCUT2D eigenvalue weighted by molar-refractivity contribution is 0.139. The molecule has 154 valence electrons. The molecule has 1 saturated heterocycles. The van der Waals surface area contributed by atoms with Gasteiger partial charge in [0.1, 0.15) is 0 Å². The second-order valence-corrected chi connectivity index (χ2v) is 8.06. The molecule has 1 N–H and O–H groups in total. The number of nitrogens with one attached hydrogen (secondary N) is 1. The Morgan fingerprint density at radius 1 is 1.22 bits per heavy atom. The van der Waals surface area contributed by atoms with Crippen LogP contribution in [-0.2, 0) is 6.54 Å². The number of piperazine rings is 1. The second-order valence-electron chi connectivity index (χ2n) is 7.24. The Labute approximate surface area is 191 Å². The maximum Gasteiger partial charge on any atom is 0.193 e. The van der Waals surface area contributed by atoms with Gasteiger partial charge in [-0.1, -0.05) is 36.2 Å². The van der Waals surface area contributed by atoms with Crippen LogP contribution in [0.25, 0.3) is 0 Å². The lowest BCUT2D eigenvalue weighted by atomic mass is 10.1. The summed E-state index contributed by atoms with van der Waals surface area (Å²) in [5.41, 5.74) is 1.11. The summed E-state index contributed by atoms with van der Waals surface area (Å²) >= 11 is 12.1. The van der Waals surface area contributed by atoms with Crippen LogP contribution in [-0.4, -0.2) is 81.1 Å². The largest absolute Gasteiger partial charge is 0.356 e. The van der Waals surface area contributed by atoms with E-state index < -0.39 is 0 Å². The molecule has 0 bridgehead atoms. The summed E-state index contributed by atoms with van der Waals surface area (Å²) in [6.07, 6.45) is 0. The monoisotopic (exact) mass is 527 g/mol. The van der Waals surface area contributed by atoms with E-state index in [4.69, 9.17) is 23.2 Å². The van der Waals surface area contributed by atoms with E-state index >= 15 is 0 Å². The molecular weight excluding hydrogens is 496 g/mol. The zero-order valence-electron chi connectivity index (χ0n) is 16.7. The standard InChI is InChI=1S/C19H31Cl2N5.HI/c1-15(13-26-9-7-24(3)8-10-26)12-23-19(22-2)25(4)14-16-5-6-17(20)18(21)11-16;/h5-6,11,15H,7-10,12-14H2,1-4H3,(H,22,23);1H. The van der Waals surface area contributed by atoms with Gasteiger partial charge < -0.3 is 20.0 Å². The first-order chi connectivity index (χ1) is 12.4. The van der Waals surface area contributed by atoms with Gasteiger partial charge in [-0.2, -0.15) is 0 Å².